The second-order valence-corrected chi connectivity index (χ2v) is 14.4. The minimum atomic E-state index is 0.618. The van der Waals surface area contributed by atoms with Gasteiger partial charge in [-0.25, -0.2) is 0 Å². The van der Waals surface area contributed by atoms with E-state index in [2.05, 4.69) is 48.5 Å². The molecule has 0 aliphatic rings. The molecule has 0 amide bonds. The van der Waals surface area contributed by atoms with Gasteiger partial charge in [-0.05, 0) is 69.6 Å². The zero-order valence-electron chi connectivity index (χ0n) is 30.4. The van der Waals surface area contributed by atoms with Crippen LogP contribution in [-0.2, 0) is 0 Å². The summed E-state index contributed by atoms with van der Waals surface area (Å²) in [7, 11) is 0. The van der Waals surface area contributed by atoms with Crippen LogP contribution in [0.2, 0.25) is 0 Å². The summed E-state index contributed by atoms with van der Waals surface area (Å²) < 4.78 is 1.47. The van der Waals surface area contributed by atoms with Crippen molar-refractivity contribution < 1.29 is 4.48 Å². The monoisotopic (exact) mass is 579 g/mol. The molecule has 41 heavy (non-hydrogen) atoms. The van der Waals surface area contributed by atoms with Crippen molar-refractivity contribution in [1.82, 2.24) is 0 Å². The normalized spacial score (nSPS) is 13.2. The van der Waals surface area contributed by atoms with Crippen LogP contribution in [0.1, 0.15) is 228 Å². The largest absolute Gasteiger partial charge is 0.321 e. The van der Waals surface area contributed by atoms with E-state index in [1.54, 1.807) is 0 Å². The number of nitrogens with zero attached hydrogens (tertiary/aromatic N) is 1. The Balaban J connectivity index is 6.18. The molecular formula is C40H84N+. The van der Waals surface area contributed by atoms with Crippen molar-refractivity contribution in [3.63, 3.8) is 0 Å². The van der Waals surface area contributed by atoms with Gasteiger partial charge in [-0.15, -0.1) is 0 Å². The molecule has 1 unspecified atom stereocenters. The Morgan fingerprint density at radius 2 is 0.683 bits per heavy atom. The van der Waals surface area contributed by atoms with Gasteiger partial charge in [0.1, 0.15) is 0 Å². The van der Waals surface area contributed by atoms with Crippen LogP contribution in [0, 0.1) is 5.41 Å². The standard InChI is InChI=1S/C40H84N/c1-8-15-22-26-30-39(41(36-19-12-5,37-20-13-6)38-21-14-7)31-35-40(32-27-23-16-9-2,33-28-24-17-10-3)34-29-25-18-11-4/h39H,8-38H2,1-7H3/q+1. The predicted molar refractivity (Wildman–Crippen MR) is 190 cm³/mol. The van der Waals surface area contributed by atoms with E-state index in [-0.39, 0.29) is 0 Å². The Bertz CT molecular complexity index is 458. The maximum absolute atomic E-state index is 2.43. The van der Waals surface area contributed by atoms with Crippen molar-refractivity contribution in [1.29, 1.82) is 0 Å². The predicted octanol–water partition coefficient (Wildman–Crippen LogP) is 14.2. The van der Waals surface area contributed by atoms with E-state index >= 15 is 0 Å². The van der Waals surface area contributed by atoms with Crippen molar-refractivity contribution >= 4 is 0 Å². The van der Waals surface area contributed by atoms with Crippen molar-refractivity contribution in [2.45, 2.75) is 234 Å². The van der Waals surface area contributed by atoms with E-state index in [9.17, 15) is 0 Å². The summed E-state index contributed by atoms with van der Waals surface area (Å²) in [5.41, 5.74) is 0.618. The molecule has 0 bridgehead atoms. The molecule has 0 saturated heterocycles. The molecule has 0 N–H and O–H groups in total. The fourth-order valence-corrected chi connectivity index (χ4v) is 7.80. The van der Waals surface area contributed by atoms with Crippen molar-refractivity contribution in [3.8, 4) is 0 Å². The summed E-state index contributed by atoms with van der Waals surface area (Å²) in [5, 5.41) is 0. The summed E-state index contributed by atoms with van der Waals surface area (Å²) in [6.45, 7) is 21.2. The third-order valence-electron chi connectivity index (χ3n) is 10.7. The number of hydrogen-bond acceptors (Lipinski definition) is 0. The Labute approximate surface area is 263 Å². The lowest BCUT2D eigenvalue weighted by atomic mass is 9.70. The average Bonchev–Trinajstić information content (AvgIpc) is 2.99. The van der Waals surface area contributed by atoms with Gasteiger partial charge in [0.05, 0.1) is 25.7 Å². The summed E-state index contributed by atoms with van der Waals surface area (Å²) in [4.78, 5) is 0. The summed E-state index contributed by atoms with van der Waals surface area (Å²) in [6.07, 6.45) is 40.4. The first-order valence-electron chi connectivity index (χ1n) is 19.9. The first-order chi connectivity index (χ1) is 20.0. The highest BCUT2D eigenvalue weighted by Crippen LogP contribution is 2.43. The molecule has 0 aromatic carbocycles. The quantitative estimate of drug-likeness (QED) is 0.0536. The van der Waals surface area contributed by atoms with Crippen LogP contribution in [0.3, 0.4) is 0 Å². The molecule has 0 aromatic heterocycles. The highest BCUT2D eigenvalue weighted by molar-refractivity contribution is 4.82. The molecule has 0 fully saturated rings. The van der Waals surface area contributed by atoms with Crippen LogP contribution in [0.5, 0.6) is 0 Å². The van der Waals surface area contributed by atoms with Gasteiger partial charge in [0, 0.05) is 0 Å². The summed E-state index contributed by atoms with van der Waals surface area (Å²) in [5.74, 6) is 0. The van der Waals surface area contributed by atoms with Gasteiger partial charge < -0.3 is 4.48 Å². The van der Waals surface area contributed by atoms with E-state index in [1.165, 1.54) is 204 Å². The second-order valence-electron chi connectivity index (χ2n) is 14.4. The summed E-state index contributed by atoms with van der Waals surface area (Å²) in [6, 6.07) is 0.901. The van der Waals surface area contributed by atoms with E-state index in [4.69, 9.17) is 0 Å². The van der Waals surface area contributed by atoms with Crippen LogP contribution in [-0.4, -0.2) is 30.2 Å². The molecule has 0 spiro atoms. The first-order valence-corrected chi connectivity index (χ1v) is 19.9. The first kappa shape index (κ1) is 41.0. The van der Waals surface area contributed by atoms with Gasteiger partial charge in [-0.1, -0.05) is 164 Å². The average molecular weight is 579 g/mol. The van der Waals surface area contributed by atoms with Gasteiger partial charge in [-0.3, -0.25) is 0 Å². The molecular weight excluding hydrogens is 494 g/mol. The minimum absolute atomic E-state index is 0.618. The molecule has 1 atom stereocenters. The lowest BCUT2D eigenvalue weighted by molar-refractivity contribution is -0.952. The lowest BCUT2D eigenvalue weighted by Gasteiger charge is -2.47. The van der Waals surface area contributed by atoms with Crippen molar-refractivity contribution in [2.75, 3.05) is 19.6 Å². The van der Waals surface area contributed by atoms with E-state index in [0.717, 1.165) is 6.04 Å². The smallest absolute Gasteiger partial charge is 0.0890 e. The minimum Gasteiger partial charge on any atom is -0.321 e. The highest BCUT2D eigenvalue weighted by atomic mass is 15.4. The molecule has 248 valence electrons. The molecule has 0 aliphatic carbocycles. The van der Waals surface area contributed by atoms with Crippen LogP contribution in [0.4, 0.5) is 0 Å². The molecule has 1 heteroatoms. The van der Waals surface area contributed by atoms with Crippen molar-refractivity contribution in [3.05, 3.63) is 0 Å². The van der Waals surface area contributed by atoms with E-state index < -0.39 is 0 Å². The molecule has 0 rings (SSSR count). The van der Waals surface area contributed by atoms with Crippen LogP contribution < -0.4 is 0 Å². The topological polar surface area (TPSA) is 0 Å². The van der Waals surface area contributed by atoms with Gasteiger partial charge in [-0.2, -0.15) is 0 Å². The van der Waals surface area contributed by atoms with Gasteiger partial charge >= 0.3 is 0 Å². The Morgan fingerprint density at radius 3 is 1.02 bits per heavy atom. The maximum Gasteiger partial charge on any atom is 0.0890 e. The molecule has 1 nitrogen and oxygen atoms in total. The second kappa shape index (κ2) is 28.7. The molecule has 0 radical (unpaired) electrons. The molecule has 0 heterocycles. The number of unbranched alkanes of at least 4 members (excludes halogenated alkanes) is 15. The van der Waals surface area contributed by atoms with Gasteiger partial charge in [0.15, 0.2) is 0 Å². The molecule has 0 aliphatic heterocycles. The van der Waals surface area contributed by atoms with Crippen LogP contribution >= 0.6 is 0 Å². The Morgan fingerprint density at radius 1 is 0.341 bits per heavy atom. The Hall–Kier alpha value is -0.0400. The van der Waals surface area contributed by atoms with Gasteiger partial charge in [0.25, 0.3) is 0 Å². The fourth-order valence-electron chi connectivity index (χ4n) is 7.80. The Kier molecular flexibility index (Phi) is 28.7. The lowest BCUT2D eigenvalue weighted by Crippen LogP contribution is -2.57. The van der Waals surface area contributed by atoms with E-state index in [1.807, 2.05) is 0 Å². The van der Waals surface area contributed by atoms with Crippen molar-refractivity contribution in [2.24, 2.45) is 5.41 Å². The van der Waals surface area contributed by atoms with E-state index in [0.29, 0.717) is 5.41 Å². The molecule has 0 saturated carbocycles. The van der Waals surface area contributed by atoms with Gasteiger partial charge in [0.2, 0.25) is 0 Å². The maximum atomic E-state index is 2.43. The number of rotatable bonds is 33. The SMILES string of the molecule is CCCCCCC(CCC(CCCCCC)(CCCCCC)CCCCCC)[N+](CCCC)(CCCC)CCCC. The van der Waals surface area contributed by atoms with Crippen LogP contribution in [0.25, 0.3) is 0 Å². The third kappa shape index (κ3) is 19.8. The molecule has 0 aromatic rings. The zero-order chi connectivity index (χ0) is 30.5. The number of hydrogen-bond donors (Lipinski definition) is 0. The zero-order valence-corrected chi connectivity index (χ0v) is 30.4. The van der Waals surface area contributed by atoms with Crippen LogP contribution in [0.15, 0.2) is 0 Å². The fraction of sp³-hybridized carbons (Fsp3) is 1.00. The number of quaternary nitrogens is 1. The summed E-state index contributed by atoms with van der Waals surface area (Å²) >= 11 is 0. The highest BCUT2D eigenvalue weighted by Gasteiger charge is 2.38. The third-order valence-corrected chi connectivity index (χ3v) is 10.7.